The Labute approximate surface area is 164 Å². The number of fused-ring (bicyclic) bond motifs is 1. The highest BCUT2D eigenvalue weighted by molar-refractivity contribution is 7.91. The van der Waals surface area contributed by atoms with Gasteiger partial charge in [0.2, 0.25) is 15.0 Å². The number of halogens is 1. The minimum absolute atomic E-state index is 0.0534. The maximum absolute atomic E-state index is 12.5. The first-order valence-corrected chi connectivity index (χ1v) is 10.8. The molecular weight excluding hydrogens is 412 g/mol. The molecule has 3 aromatic rings. The standard InChI is InChI=1S/C16H15ClN4O4S2/c1-3-25-9-5-6-11-12(7-9)26-15(19-11)21-14(22)13-10(17)8-18-16(20-13)27(23,24)4-2/h5-8H,3-4H2,1-2H3,(H,19,21,22). The summed E-state index contributed by atoms with van der Waals surface area (Å²) in [6, 6.07) is 5.41. The molecule has 0 spiro atoms. The van der Waals surface area contributed by atoms with E-state index in [4.69, 9.17) is 16.3 Å². The van der Waals surface area contributed by atoms with Crippen molar-refractivity contribution < 1.29 is 17.9 Å². The van der Waals surface area contributed by atoms with Crippen molar-refractivity contribution in [3.8, 4) is 5.75 Å². The lowest BCUT2D eigenvalue weighted by molar-refractivity contribution is 0.102. The molecule has 0 aliphatic carbocycles. The van der Waals surface area contributed by atoms with Crippen molar-refractivity contribution >= 4 is 54.0 Å². The normalized spacial score (nSPS) is 11.5. The summed E-state index contributed by atoms with van der Waals surface area (Å²) in [6.45, 7) is 3.90. The number of sulfone groups is 1. The van der Waals surface area contributed by atoms with Gasteiger partial charge in [0.25, 0.3) is 5.91 Å². The molecule has 0 saturated carbocycles. The monoisotopic (exact) mass is 426 g/mol. The topological polar surface area (TPSA) is 111 Å². The van der Waals surface area contributed by atoms with Crippen LogP contribution in [0.3, 0.4) is 0 Å². The number of rotatable bonds is 6. The van der Waals surface area contributed by atoms with Crippen molar-refractivity contribution in [2.75, 3.05) is 17.7 Å². The number of nitrogens with zero attached hydrogens (tertiary/aromatic N) is 3. The molecule has 2 heterocycles. The molecule has 0 atom stereocenters. The molecule has 142 valence electrons. The quantitative estimate of drug-likeness (QED) is 0.602. The molecule has 0 aliphatic heterocycles. The van der Waals surface area contributed by atoms with Gasteiger partial charge < -0.3 is 4.74 Å². The molecule has 27 heavy (non-hydrogen) atoms. The number of thiazole rings is 1. The summed E-state index contributed by atoms with van der Waals surface area (Å²) in [5.41, 5.74) is 0.467. The zero-order valence-corrected chi connectivity index (χ0v) is 16.8. The minimum atomic E-state index is -3.66. The number of benzene rings is 1. The lowest BCUT2D eigenvalue weighted by atomic mass is 10.3. The molecule has 3 rings (SSSR count). The van der Waals surface area contributed by atoms with Gasteiger partial charge in [-0.3, -0.25) is 10.1 Å². The Hall–Kier alpha value is -2.30. The molecule has 0 unspecified atom stereocenters. The summed E-state index contributed by atoms with van der Waals surface area (Å²) in [5, 5.41) is 2.43. The van der Waals surface area contributed by atoms with Gasteiger partial charge in [-0.15, -0.1) is 0 Å². The van der Waals surface area contributed by atoms with E-state index < -0.39 is 20.9 Å². The van der Waals surface area contributed by atoms with Crippen LogP contribution < -0.4 is 10.1 Å². The van der Waals surface area contributed by atoms with Gasteiger partial charge in [0, 0.05) is 0 Å². The van der Waals surface area contributed by atoms with Crippen LogP contribution >= 0.6 is 22.9 Å². The summed E-state index contributed by atoms with van der Waals surface area (Å²) in [7, 11) is -3.66. The molecule has 8 nitrogen and oxygen atoms in total. The fourth-order valence-corrected chi connectivity index (χ4v) is 3.93. The highest BCUT2D eigenvalue weighted by atomic mass is 35.5. The summed E-state index contributed by atoms with van der Waals surface area (Å²) >= 11 is 7.22. The lowest BCUT2D eigenvalue weighted by Gasteiger charge is -2.05. The fourth-order valence-electron chi connectivity index (χ4n) is 2.16. The predicted molar refractivity (Wildman–Crippen MR) is 104 cm³/mol. The van der Waals surface area contributed by atoms with Gasteiger partial charge in [-0.25, -0.2) is 23.4 Å². The Kier molecular flexibility index (Phi) is 5.59. The van der Waals surface area contributed by atoms with Gasteiger partial charge in [0.15, 0.2) is 10.8 Å². The molecule has 0 radical (unpaired) electrons. The zero-order valence-electron chi connectivity index (χ0n) is 14.4. The van der Waals surface area contributed by atoms with Crippen LogP contribution in [-0.2, 0) is 9.84 Å². The predicted octanol–water partition coefficient (Wildman–Crippen LogP) is 3.18. The third kappa shape index (κ3) is 4.18. The van der Waals surface area contributed by atoms with Crippen LogP contribution in [0.25, 0.3) is 10.2 Å². The van der Waals surface area contributed by atoms with Crippen molar-refractivity contribution in [1.29, 1.82) is 0 Å². The van der Waals surface area contributed by atoms with E-state index >= 15 is 0 Å². The minimum Gasteiger partial charge on any atom is -0.494 e. The van der Waals surface area contributed by atoms with Gasteiger partial charge in [0.05, 0.1) is 33.8 Å². The number of aromatic nitrogens is 3. The maximum Gasteiger partial charge on any atom is 0.277 e. The Morgan fingerprint density at radius 2 is 2.07 bits per heavy atom. The molecule has 1 amide bonds. The summed E-state index contributed by atoms with van der Waals surface area (Å²) < 4.78 is 30.1. The number of ether oxygens (including phenoxy) is 1. The second-order valence-corrected chi connectivity index (χ2v) is 8.90. The number of carbonyl (C=O) groups excluding carboxylic acids is 1. The third-order valence-electron chi connectivity index (χ3n) is 3.49. The number of amides is 1. The van der Waals surface area contributed by atoms with E-state index in [0.717, 1.165) is 10.9 Å². The zero-order chi connectivity index (χ0) is 19.6. The van der Waals surface area contributed by atoms with Crippen LogP contribution in [0.15, 0.2) is 29.6 Å². The van der Waals surface area contributed by atoms with E-state index in [-0.39, 0.29) is 16.5 Å². The van der Waals surface area contributed by atoms with Crippen LogP contribution in [-0.4, -0.2) is 41.6 Å². The number of anilines is 1. The Bertz CT molecular complexity index is 1110. The maximum atomic E-state index is 12.5. The van der Waals surface area contributed by atoms with E-state index in [1.54, 1.807) is 12.1 Å². The Morgan fingerprint density at radius 3 is 2.78 bits per heavy atom. The molecule has 1 N–H and O–H groups in total. The molecule has 0 bridgehead atoms. The van der Waals surface area contributed by atoms with Gasteiger partial charge in [-0.05, 0) is 25.1 Å². The smallest absolute Gasteiger partial charge is 0.277 e. The number of nitrogens with one attached hydrogen (secondary N) is 1. The van der Waals surface area contributed by atoms with Crippen molar-refractivity contribution in [3.05, 3.63) is 35.1 Å². The van der Waals surface area contributed by atoms with E-state index in [1.165, 1.54) is 18.3 Å². The van der Waals surface area contributed by atoms with Crippen molar-refractivity contribution in [3.63, 3.8) is 0 Å². The summed E-state index contributed by atoms with van der Waals surface area (Å²) in [6.07, 6.45) is 1.10. The molecule has 1 aromatic carbocycles. The number of hydrogen-bond donors (Lipinski definition) is 1. The first kappa shape index (κ1) is 19.5. The van der Waals surface area contributed by atoms with Gasteiger partial charge in [-0.2, -0.15) is 0 Å². The molecule has 11 heteroatoms. The fraction of sp³-hybridized carbons (Fsp3) is 0.250. The first-order chi connectivity index (χ1) is 12.8. The highest BCUT2D eigenvalue weighted by Gasteiger charge is 2.21. The largest absolute Gasteiger partial charge is 0.494 e. The molecular formula is C16H15ClN4O4S2. The van der Waals surface area contributed by atoms with Crippen molar-refractivity contribution in [2.45, 2.75) is 19.0 Å². The van der Waals surface area contributed by atoms with Crippen molar-refractivity contribution in [1.82, 2.24) is 15.0 Å². The first-order valence-electron chi connectivity index (χ1n) is 7.94. The lowest BCUT2D eigenvalue weighted by Crippen LogP contribution is -2.18. The van der Waals surface area contributed by atoms with Crippen LogP contribution in [0.2, 0.25) is 5.02 Å². The average Bonchev–Trinajstić information content (AvgIpc) is 3.03. The molecule has 0 aliphatic rings. The van der Waals surface area contributed by atoms with Gasteiger partial charge in [0.1, 0.15) is 5.75 Å². The van der Waals surface area contributed by atoms with Crippen molar-refractivity contribution in [2.24, 2.45) is 0 Å². The van der Waals surface area contributed by atoms with Crippen LogP contribution in [0.4, 0.5) is 5.13 Å². The van der Waals surface area contributed by atoms with Gasteiger partial charge >= 0.3 is 0 Å². The SMILES string of the molecule is CCOc1ccc2nc(NC(=O)c3nc(S(=O)(=O)CC)ncc3Cl)sc2c1. The van der Waals surface area contributed by atoms with Crippen LogP contribution in [0.5, 0.6) is 5.75 Å². The van der Waals surface area contributed by atoms with E-state index in [2.05, 4.69) is 20.3 Å². The summed E-state index contributed by atoms with van der Waals surface area (Å²) in [4.78, 5) is 24.3. The van der Waals surface area contributed by atoms with E-state index in [1.807, 2.05) is 13.0 Å². The number of hydrogen-bond acceptors (Lipinski definition) is 8. The van der Waals surface area contributed by atoms with Crippen LogP contribution in [0.1, 0.15) is 24.3 Å². The average molecular weight is 427 g/mol. The van der Waals surface area contributed by atoms with Gasteiger partial charge in [-0.1, -0.05) is 29.9 Å². The van der Waals surface area contributed by atoms with E-state index in [0.29, 0.717) is 23.0 Å². The third-order valence-corrected chi connectivity index (χ3v) is 6.21. The second-order valence-electron chi connectivity index (χ2n) is 5.29. The number of carbonyl (C=O) groups is 1. The summed E-state index contributed by atoms with van der Waals surface area (Å²) in [5.74, 6) is -0.144. The molecule has 2 aromatic heterocycles. The molecule has 0 fully saturated rings. The molecule has 0 saturated heterocycles. The van der Waals surface area contributed by atoms with E-state index in [9.17, 15) is 13.2 Å². The van der Waals surface area contributed by atoms with Crippen LogP contribution in [0, 0.1) is 0 Å². The Morgan fingerprint density at radius 1 is 1.30 bits per heavy atom. The highest BCUT2D eigenvalue weighted by Crippen LogP contribution is 2.29. The Balaban J connectivity index is 1.89. The second kappa shape index (κ2) is 7.75.